The van der Waals surface area contributed by atoms with Gasteiger partial charge in [-0.05, 0) is 50.0 Å². The molecule has 2 aliphatic rings. The number of carbonyl (C=O) groups is 2. The van der Waals surface area contributed by atoms with E-state index in [-0.39, 0.29) is 28.9 Å². The number of para-hydroxylation sites is 1. The molecule has 2 fully saturated rings. The molecule has 27 heavy (non-hydrogen) atoms. The second-order valence-electron chi connectivity index (χ2n) is 7.63. The molecule has 6 heteroatoms. The van der Waals surface area contributed by atoms with Gasteiger partial charge in [0.15, 0.2) is 5.11 Å². The number of anilines is 1. The molecule has 146 valence electrons. The van der Waals surface area contributed by atoms with Crippen LogP contribution in [0.5, 0.6) is 0 Å². The van der Waals surface area contributed by atoms with Crippen LogP contribution in [0.4, 0.5) is 5.69 Å². The van der Waals surface area contributed by atoms with E-state index in [0.29, 0.717) is 11.3 Å². The Morgan fingerprint density at radius 1 is 0.889 bits per heavy atom. The molecule has 2 saturated carbocycles. The number of thiocarbonyl (C=S) groups is 1. The van der Waals surface area contributed by atoms with Gasteiger partial charge in [0.05, 0.1) is 11.3 Å². The van der Waals surface area contributed by atoms with Crippen LogP contribution in [-0.4, -0.2) is 23.0 Å². The third-order valence-corrected chi connectivity index (χ3v) is 5.78. The molecule has 1 aromatic rings. The van der Waals surface area contributed by atoms with E-state index in [2.05, 4.69) is 16.0 Å². The molecule has 1 aromatic carbocycles. The van der Waals surface area contributed by atoms with E-state index in [0.717, 1.165) is 38.5 Å². The Morgan fingerprint density at radius 2 is 1.52 bits per heavy atom. The Labute approximate surface area is 166 Å². The average molecular weight is 388 g/mol. The van der Waals surface area contributed by atoms with Crippen molar-refractivity contribution in [2.45, 2.75) is 70.3 Å². The first-order valence-corrected chi connectivity index (χ1v) is 10.6. The standard InChI is InChI=1S/C21H29N3O2S/c25-19(15-9-3-1-4-10-15)24-21(27)23-18-14-8-7-13-17(18)20(26)22-16-11-5-2-6-12-16/h7-8,13-16H,1-6,9-12H2,(H,22,26)(H2,23,24,25,27). The van der Waals surface area contributed by atoms with Gasteiger partial charge in [-0.2, -0.15) is 0 Å². The zero-order chi connectivity index (χ0) is 19.1. The molecule has 0 atom stereocenters. The first-order valence-electron chi connectivity index (χ1n) is 10.2. The summed E-state index contributed by atoms with van der Waals surface area (Å²) >= 11 is 5.31. The maximum atomic E-state index is 12.7. The zero-order valence-electron chi connectivity index (χ0n) is 15.8. The SMILES string of the molecule is O=C(NC1CCCCC1)c1ccccc1NC(=S)NC(=O)C1CCCCC1. The van der Waals surface area contributed by atoms with Crippen molar-refractivity contribution in [3.63, 3.8) is 0 Å². The van der Waals surface area contributed by atoms with Gasteiger partial charge in [0.2, 0.25) is 5.91 Å². The smallest absolute Gasteiger partial charge is 0.253 e. The van der Waals surface area contributed by atoms with Gasteiger partial charge in [-0.3, -0.25) is 9.59 Å². The molecule has 3 N–H and O–H groups in total. The fourth-order valence-corrected chi connectivity index (χ4v) is 4.24. The highest BCUT2D eigenvalue weighted by Crippen LogP contribution is 2.24. The third-order valence-electron chi connectivity index (χ3n) is 5.57. The molecule has 5 nitrogen and oxygen atoms in total. The van der Waals surface area contributed by atoms with Crippen molar-refractivity contribution in [1.82, 2.24) is 10.6 Å². The van der Waals surface area contributed by atoms with Crippen molar-refractivity contribution in [3.8, 4) is 0 Å². The van der Waals surface area contributed by atoms with E-state index < -0.39 is 0 Å². The monoisotopic (exact) mass is 387 g/mol. The van der Waals surface area contributed by atoms with Crippen molar-refractivity contribution in [1.29, 1.82) is 0 Å². The maximum Gasteiger partial charge on any atom is 0.253 e. The van der Waals surface area contributed by atoms with Crippen LogP contribution in [0.15, 0.2) is 24.3 Å². The van der Waals surface area contributed by atoms with Gasteiger partial charge >= 0.3 is 0 Å². The van der Waals surface area contributed by atoms with Gasteiger partial charge in [-0.15, -0.1) is 0 Å². The molecular formula is C21H29N3O2S. The number of hydrogen-bond donors (Lipinski definition) is 3. The highest BCUT2D eigenvalue weighted by molar-refractivity contribution is 7.80. The van der Waals surface area contributed by atoms with Crippen LogP contribution in [-0.2, 0) is 4.79 Å². The Bertz CT molecular complexity index is 680. The van der Waals surface area contributed by atoms with Crippen molar-refractivity contribution < 1.29 is 9.59 Å². The largest absolute Gasteiger partial charge is 0.349 e. The quantitative estimate of drug-likeness (QED) is 0.679. The van der Waals surface area contributed by atoms with E-state index >= 15 is 0 Å². The predicted octanol–water partition coefficient (Wildman–Crippen LogP) is 4.14. The first kappa shape index (κ1) is 19.8. The summed E-state index contributed by atoms with van der Waals surface area (Å²) in [5.74, 6) is -0.0638. The number of benzene rings is 1. The Morgan fingerprint density at radius 3 is 2.22 bits per heavy atom. The Kier molecular flexibility index (Phi) is 7.21. The fourth-order valence-electron chi connectivity index (χ4n) is 4.03. The van der Waals surface area contributed by atoms with E-state index in [9.17, 15) is 9.59 Å². The minimum atomic E-state index is -0.0913. The summed E-state index contributed by atoms with van der Waals surface area (Å²) in [6.07, 6.45) is 10.9. The van der Waals surface area contributed by atoms with Gasteiger partial charge in [0.1, 0.15) is 0 Å². The van der Waals surface area contributed by atoms with Crippen LogP contribution < -0.4 is 16.0 Å². The zero-order valence-corrected chi connectivity index (χ0v) is 16.6. The van der Waals surface area contributed by atoms with Crippen LogP contribution in [0.25, 0.3) is 0 Å². The highest BCUT2D eigenvalue weighted by atomic mass is 32.1. The molecule has 0 saturated heterocycles. The number of carbonyl (C=O) groups excluding carboxylic acids is 2. The summed E-state index contributed by atoms with van der Waals surface area (Å²) in [6.45, 7) is 0. The lowest BCUT2D eigenvalue weighted by molar-refractivity contribution is -0.124. The third kappa shape index (κ3) is 5.76. The number of hydrogen-bond acceptors (Lipinski definition) is 3. The van der Waals surface area contributed by atoms with Crippen molar-refractivity contribution in [2.75, 3.05) is 5.32 Å². The molecule has 0 radical (unpaired) electrons. The molecule has 0 bridgehead atoms. The Balaban J connectivity index is 1.58. The van der Waals surface area contributed by atoms with Crippen LogP contribution >= 0.6 is 12.2 Å². The summed E-state index contributed by atoms with van der Waals surface area (Å²) in [5.41, 5.74) is 1.18. The number of nitrogens with one attached hydrogen (secondary N) is 3. The molecule has 0 aliphatic heterocycles. The van der Waals surface area contributed by atoms with Gasteiger partial charge in [-0.25, -0.2) is 0 Å². The lowest BCUT2D eigenvalue weighted by Gasteiger charge is -2.24. The summed E-state index contributed by atoms with van der Waals surface area (Å²) in [6, 6.07) is 7.54. The summed E-state index contributed by atoms with van der Waals surface area (Å²) in [5, 5.41) is 9.22. The highest BCUT2D eigenvalue weighted by Gasteiger charge is 2.22. The van der Waals surface area contributed by atoms with Crippen molar-refractivity contribution in [2.24, 2.45) is 5.92 Å². The van der Waals surface area contributed by atoms with Crippen LogP contribution in [0.1, 0.15) is 74.6 Å². The molecule has 2 amide bonds. The topological polar surface area (TPSA) is 70.2 Å². The van der Waals surface area contributed by atoms with Crippen LogP contribution in [0.3, 0.4) is 0 Å². The maximum absolute atomic E-state index is 12.7. The minimum Gasteiger partial charge on any atom is -0.349 e. The predicted molar refractivity (Wildman–Crippen MR) is 112 cm³/mol. The molecule has 0 aromatic heterocycles. The molecule has 3 rings (SSSR count). The summed E-state index contributed by atoms with van der Waals surface area (Å²) < 4.78 is 0. The lowest BCUT2D eigenvalue weighted by atomic mass is 9.89. The van der Waals surface area contributed by atoms with E-state index in [1.54, 1.807) is 6.07 Å². The minimum absolute atomic E-state index is 0.0173. The molecule has 0 unspecified atom stereocenters. The van der Waals surface area contributed by atoms with E-state index in [4.69, 9.17) is 12.2 Å². The second kappa shape index (κ2) is 9.83. The van der Waals surface area contributed by atoms with E-state index in [1.807, 2.05) is 18.2 Å². The van der Waals surface area contributed by atoms with Crippen LogP contribution in [0, 0.1) is 5.92 Å². The summed E-state index contributed by atoms with van der Waals surface area (Å²) in [7, 11) is 0. The lowest BCUT2D eigenvalue weighted by Crippen LogP contribution is -2.40. The van der Waals surface area contributed by atoms with Gasteiger partial charge in [0, 0.05) is 12.0 Å². The molecular weight excluding hydrogens is 358 g/mol. The van der Waals surface area contributed by atoms with Gasteiger partial charge < -0.3 is 16.0 Å². The average Bonchev–Trinajstić information content (AvgIpc) is 2.69. The van der Waals surface area contributed by atoms with Crippen molar-refractivity contribution in [3.05, 3.63) is 29.8 Å². The second-order valence-corrected chi connectivity index (χ2v) is 8.04. The number of amides is 2. The Hall–Kier alpha value is -1.95. The summed E-state index contributed by atoms with van der Waals surface area (Å²) in [4.78, 5) is 25.1. The van der Waals surface area contributed by atoms with E-state index in [1.165, 1.54) is 25.7 Å². The molecule has 0 spiro atoms. The normalized spacial score (nSPS) is 18.5. The van der Waals surface area contributed by atoms with Crippen molar-refractivity contribution >= 4 is 34.8 Å². The number of rotatable bonds is 4. The molecule has 2 aliphatic carbocycles. The molecule has 0 heterocycles. The fraction of sp³-hybridized carbons (Fsp3) is 0.571. The van der Waals surface area contributed by atoms with Crippen LogP contribution in [0.2, 0.25) is 0 Å². The first-order chi connectivity index (χ1) is 13.1. The van der Waals surface area contributed by atoms with Gasteiger partial charge in [0.25, 0.3) is 5.91 Å². The van der Waals surface area contributed by atoms with Gasteiger partial charge in [-0.1, -0.05) is 50.7 Å².